The lowest BCUT2D eigenvalue weighted by atomic mass is 10.1. The van der Waals surface area contributed by atoms with Crippen molar-refractivity contribution in [2.24, 2.45) is 5.92 Å². The molecule has 3 rings (SSSR count). The SMILES string of the molecule is O=S1(=O)CC[C@H](Cc2nnc(SCCc3ccccc3)o2)C1. The third kappa shape index (κ3) is 4.33. The number of aryl methyl sites for hydroxylation is 1. The molecule has 0 N–H and O–H groups in total. The van der Waals surface area contributed by atoms with Crippen molar-refractivity contribution >= 4 is 21.6 Å². The molecule has 1 atom stereocenters. The summed E-state index contributed by atoms with van der Waals surface area (Å²) >= 11 is 1.54. The minimum absolute atomic E-state index is 0.118. The Balaban J connectivity index is 1.47. The van der Waals surface area contributed by atoms with E-state index < -0.39 is 9.84 Å². The second kappa shape index (κ2) is 6.83. The van der Waals surface area contributed by atoms with E-state index >= 15 is 0 Å². The highest BCUT2D eigenvalue weighted by Gasteiger charge is 2.29. The highest BCUT2D eigenvalue weighted by atomic mass is 32.2. The molecule has 22 heavy (non-hydrogen) atoms. The summed E-state index contributed by atoms with van der Waals surface area (Å²) in [5.41, 5.74) is 1.28. The van der Waals surface area contributed by atoms with Crippen LogP contribution in [0.2, 0.25) is 0 Å². The standard InChI is InChI=1S/C15H18N2O3S2/c18-22(19)9-7-13(11-22)10-14-16-17-15(20-14)21-8-6-12-4-2-1-3-5-12/h1-5,13H,6-11H2/t13-/m1/s1. The first-order chi connectivity index (χ1) is 10.6. The zero-order chi connectivity index (χ0) is 15.4. The first-order valence-corrected chi connectivity index (χ1v) is 10.1. The zero-order valence-corrected chi connectivity index (χ0v) is 13.8. The zero-order valence-electron chi connectivity index (χ0n) is 12.1. The molecule has 0 aliphatic carbocycles. The van der Waals surface area contributed by atoms with Gasteiger partial charge in [-0.3, -0.25) is 0 Å². The predicted molar refractivity (Wildman–Crippen MR) is 85.6 cm³/mol. The third-order valence-corrected chi connectivity index (χ3v) is 6.35. The van der Waals surface area contributed by atoms with Crippen molar-refractivity contribution < 1.29 is 12.8 Å². The Bertz CT molecular complexity index is 713. The number of nitrogens with zero attached hydrogens (tertiary/aromatic N) is 2. The van der Waals surface area contributed by atoms with Crippen LogP contribution >= 0.6 is 11.8 Å². The number of hydrogen-bond acceptors (Lipinski definition) is 6. The fraction of sp³-hybridized carbons (Fsp3) is 0.467. The van der Waals surface area contributed by atoms with Crippen LogP contribution in [0.1, 0.15) is 17.9 Å². The Morgan fingerprint density at radius 2 is 2.05 bits per heavy atom. The molecule has 1 aromatic carbocycles. The van der Waals surface area contributed by atoms with Gasteiger partial charge in [0.15, 0.2) is 9.84 Å². The van der Waals surface area contributed by atoms with Crippen molar-refractivity contribution in [1.82, 2.24) is 10.2 Å². The molecular formula is C15H18N2O3S2. The van der Waals surface area contributed by atoms with Crippen LogP contribution in [-0.4, -0.2) is 35.9 Å². The van der Waals surface area contributed by atoms with Crippen LogP contribution in [0.15, 0.2) is 40.0 Å². The van der Waals surface area contributed by atoms with Gasteiger partial charge in [0.05, 0.1) is 11.5 Å². The van der Waals surface area contributed by atoms with E-state index in [0.29, 0.717) is 24.0 Å². The van der Waals surface area contributed by atoms with Crippen molar-refractivity contribution in [3.63, 3.8) is 0 Å². The number of hydrogen-bond donors (Lipinski definition) is 0. The van der Waals surface area contributed by atoms with Crippen LogP contribution in [0.25, 0.3) is 0 Å². The summed E-state index contributed by atoms with van der Waals surface area (Å²) in [6, 6.07) is 10.3. The van der Waals surface area contributed by atoms with Crippen LogP contribution < -0.4 is 0 Å². The summed E-state index contributed by atoms with van der Waals surface area (Å²) in [5, 5.41) is 8.61. The molecule has 1 aliphatic heterocycles. The molecule has 0 saturated carbocycles. The molecule has 1 aromatic heterocycles. The van der Waals surface area contributed by atoms with Gasteiger partial charge in [-0.15, -0.1) is 10.2 Å². The summed E-state index contributed by atoms with van der Waals surface area (Å²) in [7, 11) is -2.85. The Hall–Kier alpha value is -1.34. The number of rotatable bonds is 6. The van der Waals surface area contributed by atoms with Gasteiger partial charge in [0, 0.05) is 12.2 Å². The van der Waals surface area contributed by atoms with E-state index in [9.17, 15) is 8.42 Å². The molecule has 1 fully saturated rings. The van der Waals surface area contributed by atoms with E-state index in [-0.39, 0.29) is 17.4 Å². The highest BCUT2D eigenvalue weighted by molar-refractivity contribution is 7.99. The minimum atomic E-state index is -2.85. The van der Waals surface area contributed by atoms with E-state index in [1.165, 1.54) is 17.3 Å². The van der Waals surface area contributed by atoms with Crippen LogP contribution in [0.3, 0.4) is 0 Å². The second-order valence-electron chi connectivity index (χ2n) is 5.52. The number of sulfone groups is 1. The van der Waals surface area contributed by atoms with Gasteiger partial charge in [-0.1, -0.05) is 42.1 Å². The van der Waals surface area contributed by atoms with Crippen molar-refractivity contribution in [3.8, 4) is 0 Å². The van der Waals surface area contributed by atoms with E-state index in [4.69, 9.17) is 4.42 Å². The monoisotopic (exact) mass is 338 g/mol. The van der Waals surface area contributed by atoms with Gasteiger partial charge < -0.3 is 4.42 Å². The van der Waals surface area contributed by atoms with Crippen molar-refractivity contribution in [1.29, 1.82) is 0 Å². The maximum absolute atomic E-state index is 11.4. The third-order valence-electron chi connectivity index (χ3n) is 3.70. The second-order valence-corrected chi connectivity index (χ2v) is 8.79. The van der Waals surface area contributed by atoms with Gasteiger partial charge in [0.2, 0.25) is 5.89 Å². The lowest BCUT2D eigenvalue weighted by molar-refractivity contribution is 0.389. The first kappa shape index (κ1) is 15.6. The van der Waals surface area contributed by atoms with Crippen molar-refractivity contribution in [3.05, 3.63) is 41.8 Å². The van der Waals surface area contributed by atoms with Crippen LogP contribution in [-0.2, 0) is 22.7 Å². The Morgan fingerprint density at radius 1 is 1.23 bits per heavy atom. The topological polar surface area (TPSA) is 73.1 Å². The molecule has 5 nitrogen and oxygen atoms in total. The average Bonchev–Trinajstić information content (AvgIpc) is 3.07. The summed E-state index contributed by atoms with van der Waals surface area (Å²) in [6.45, 7) is 0. The molecular weight excluding hydrogens is 320 g/mol. The minimum Gasteiger partial charge on any atom is -0.416 e. The van der Waals surface area contributed by atoms with Crippen molar-refractivity contribution in [2.75, 3.05) is 17.3 Å². The average molecular weight is 338 g/mol. The molecule has 118 valence electrons. The lowest BCUT2D eigenvalue weighted by Gasteiger charge is -2.02. The van der Waals surface area contributed by atoms with Crippen LogP contribution in [0.4, 0.5) is 0 Å². The lowest BCUT2D eigenvalue weighted by Crippen LogP contribution is -2.07. The summed E-state index contributed by atoms with van der Waals surface area (Å²) in [4.78, 5) is 0. The van der Waals surface area contributed by atoms with E-state index in [0.717, 1.165) is 12.2 Å². The molecule has 0 unspecified atom stereocenters. The molecule has 0 spiro atoms. The molecule has 0 amide bonds. The summed E-state index contributed by atoms with van der Waals surface area (Å²) in [6.07, 6.45) is 2.21. The molecule has 0 bridgehead atoms. The number of thioether (sulfide) groups is 1. The smallest absolute Gasteiger partial charge is 0.276 e. The Kier molecular flexibility index (Phi) is 4.83. The normalized spacial score (nSPS) is 20.3. The summed E-state index contributed by atoms with van der Waals surface area (Å²) in [5.74, 6) is 2.07. The van der Waals surface area contributed by atoms with E-state index in [1.54, 1.807) is 0 Å². The predicted octanol–water partition coefficient (Wildman–Crippen LogP) is 2.38. The van der Waals surface area contributed by atoms with Crippen LogP contribution in [0.5, 0.6) is 0 Å². The van der Waals surface area contributed by atoms with Gasteiger partial charge in [-0.2, -0.15) is 0 Å². The number of benzene rings is 1. The fourth-order valence-electron chi connectivity index (χ4n) is 2.56. The number of aromatic nitrogens is 2. The molecule has 0 radical (unpaired) electrons. The summed E-state index contributed by atoms with van der Waals surface area (Å²) < 4.78 is 28.5. The van der Waals surface area contributed by atoms with Gasteiger partial charge >= 0.3 is 0 Å². The van der Waals surface area contributed by atoms with Gasteiger partial charge in [-0.25, -0.2) is 8.42 Å². The fourth-order valence-corrected chi connectivity index (χ4v) is 5.19. The molecule has 2 heterocycles. The first-order valence-electron chi connectivity index (χ1n) is 7.30. The molecule has 1 saturated heterocycles. The quantitative estimate of drug-likeness (QED) is 0.753. The highest BCUT2D eigenvalue weighted by Crippen LogP contribution is 2.24. The molecule has 1 aliphatic rings. The van der Waals surface area contributed by atoms with E-state index in [1.807, 2.05) is 18.2 Å². The van der Waals surface area contributed by atoms with E-state index in [2.05, 4.69) is 22.3 Å². The molecule has 7 heteroatoms. The Morgan fingerprint density at radius 3 is 2.77 bits per heavy atom. The van der Waals surface area contributed by atoms with Gasteiger partial charge in [0.25, 0.3) is 5.22 Å². The maximum Gasteiger partial charge on any atom is 0.276 e. The Labute approximate surface area is 134 Å². The van der Waals surface area contributed by atoms with Crippen LogP contribution in [0, 0.1) is 5.92 Å². The van der Waals surface area contributed by atoms with Gasteiger partial charge in [0.1, 0.15) is 0 Å². The van der Waals surface area contributed by atoms with Crippen molar-refractivity contribution in [2.45, 2.75) is 24.5 Å². The van der Waals surface area contributed by atoms with Gasteiger partial charge in [-0.05, 0) is 24.3 Å². The largest absolute Gasteiger partial charge is 0.416 e. The maximum atomic E-state index is 11.4. The molecule has 2 aromatic rings.